The molecular formula is C13H23NO3. The average molecular weight is 241 g/mol. The van der Waals surface area contributed by atoms with Crippen LogP contribution in [0.4, 0.5) is 0 Å². The molecule has 0 aromatic carbocycles. The molecule has 4 nitrogen and oxygen atoms in total. The summed E-state index contributed by atoms with van der Waals surface area (Å²) in [6, 6.07) is 0.0206. The fourth-order valence-electron chi connectivity index (χ4n) is 3.21. The van der Waals surface area contributed by atoms with Crippen molar-refractivity contribution < 1.29 is 14.3 Å². The van der Waals surface area contributed by atoms with Crippen LogP contribution in [-0.4, -0.2) is 31.3 Å². The van der Waals surface area contributed by atoms with E-state index in [0.717, 1.165) is 12.8 Å². The van der Waals surface area contributed by atoms with Crippen molar-refractivity contribution >= 4 is 5.97 Å². The summed E-state index contributed by atoms with van der Waals surface area (Å²) >= 11 is 0. The van der Waals surface area contributed by atoms with Crippen LogP contribution in [-0.2, 0) is 14.3 Å². The van der Waals surface area contributed by atoms with E-state index in [1.165, 1.54) is 6.42 Å². The van der Waals surface area contributed by atoms with E-state index in [4.69, 9.17) is 15.2 Å². The van der Waals surface area contributed by atoms with Crippen LogP contribution < -0.4 is 5.73 Å². The first kappa shape index (κ1) is 12.8. The average Bonchev–Trinajstić information content (AvgIpc) is 2.84. The molecule has 2 bridgehead atoms. The minimum Gasteiger partial charge on any atom is -0.463 e. The molecule has 2 aliphatic rings. The monoisotopic (exact) mass is 241 g/mol. The second-order valence-corrected chi connectivity index (χ2v) is 5.52. The highest BCUT2D eigenvalue weighted by Gasteiger charge is 2.49. The second-order valence-electron chi connectivity index (χ2n) is 5.52. The van der Waals surface area contributed by atoms with E-state index in [1.54, 1.807) is 0 Å². The number of rotatable bonds is 5. The quantitative estimate of drug-likeness (QED) is 0.582. The molecule has 0 radical (unpaired) electrons. The molecule has 4 heteroatoms. The predicted molar refractivity (Wildman–Crippen MR) is 64.3 cm³/mol. The van der Waals surface area contributed by atoms with Crippen molar-refractivity contribution in [2.24, 2.45) is 23.5 Å². The lowest BCUT2D eigenvalue weighted by Crippen LogP contribution is -2.41. The number of carbonyl (C=O) groups excluding carboxylic acids is 1. The summed E-state index contributed by atoms with van der Waals surface area (Å²) in [5.74, 6) is 0.836. The molecule has 0 saturated heterocycles. The van der Waals surface area contributed by atoms with Crippen molar-refractivity contribution in [3.05, 3.63) is 0 Å². The SMILES string of the molecule is CC(C)OCCOC(=O)C1C2CCC(C2)C1N. The van der Waals surface area contributed by atoms with Gasteiger partial charge >= 0.3 is 5.97 Å². The van der Waals surface area contributed by atoms with Crippen molar-refractivity contribution in [3.8, 4) is 0 Å². The lowest BCUT2D eigenvalue weighted by molar-refractivity contribution is -0.153. The van der Waals surface area contributed by atoms with E-state index in [-0.39, 0.29) is 24.0 Å². The van der Waals surface area contributed by atoms with E-state index in [0.29, 0.717) is 25.0 Å². The molecule has 2 aliphatic carbocycles. The summed E-state index contributed by atoms with van der Waals surface area (Å²) in [4.78, 5) is 11.9. The number of nitrogens with two attached hydrogens (primary N) is 1. The highest BCUT2D eigenvalue weighted by molar-refractivity contribution is 5.74. The Balaban J connectivity index is 1.73. The molecule has 2 fully saturated rings. The van der Waals surface area contributed by atoms with Crippen LogP contribution in [0.2, 0.25) is 0 Å². The molecule has 0 aromatic heterocycles. The number of esters is 1. The molecule has 2 rings (SSSR count). The largest absolute Gasteiger partial charge is 0.463 e. The summed E-state index contributed by atoms with van der Waals surface area (Å²) < 4.78 is 10.6. The summed E-state index contributed by atoms with van der Waals surface area (Å²) in [5, 5.41) is 0. The van der Waals surface area contributed by atoms with Gasteiger partial charge in [0, 0.05) is 6.04 Å². The molecule has 0 heterocycles. The van der Waals surface area contributed by atoms with Gasteiger partial charge in [-0.2, -0.15) is 0 Å². The molecule has 0 aliphatic heterocycles. The Morgan fingerprint density at radius 1 is 1.29 bits per heavy atom. The Morgan fingerprint density at radius 3 is 2.59 bits per heavy atom. The Hall–Kier alpha value is -0.610. The van der Waals surface area contributed by atoms with Crippen LogP contribution in [0.25, 0.3) is 0 Å². The maximum Gasteiger partial charge on any atom is 0.310 e. The van der Waals surface area contributed by atoms with Gasteiger partial charge in [-0.05, 0) is 44.9 Å². The molecule has 17 heavy (non-hydrogen) atoms. The third kappa shape index (κ3) is 2.80. The maximum absolute atomic E-state index is 11.9. The van der Waals surface area contributed by atoms with Crippen molar-refractivity contribution in [1.29, 1.82) is 0 Å². The van der Waals surface area contributed by atoms with E-state index >= 15 is 0 Å². The molecular weight excluding hydrogens is 218 g/mol. The fraction of sp³-hybridized carbons (Fsp3) is 0.923. The maximum atomic E-state index is 11.9. The Labute approximate surface area is 103 Å². The normalized spacial score (nSPS) is 35.5. The van der Waals surface area contributed by atoms with E-state index in [2.05, 4.69) is 0 Å². The van der Waals surface area contributed by atoms with Gasteiger partial charge in [-0.25, -0.2) is 0 Å². The van der Waals surface area contributed by atoms with Gasteiger partial charge in [0.05, 0.1) is 18.6 Å². The first-order valence-electron chi connectivity index (χ1n) is 6.63. The van der Waals surface area contributed by atoms with Gasteiger partial charge in [-0.15, -0.1) is 0 Å². The standard InChI is InChI=1S/C13H23NO3/c1-8(2)16-5-6-17-13(15)11-9-3-4-10(7-9)12(11)14/h8-12H,3-7,14H2,1-2H3. The van der Waals surface area contributed by atoms with Crippen molar-refractivity contribution in [3.63, 3.8) is 0 Å². The minimum atomic E-state index is -0.114. The highest BCUT2D eigenvalue weighted by atomic mass is 16.6. The van der Waals surface area contributed by atoms with Crippen molar-refractivity contribution in [2.45, 2.75) is 45.3 Å². The van der Waals surface area contributed by atoms with Gasteiger partial charge < -0.3 is 15.2 Å². The van der Waals surface area contributed by atoms with Crippen LogP contribution in [0.5, 0.6) is 0 Å². The van der Waals surface area contributed by atoms with Crippen LogP contribution in [0, 0.1) is 17.8 Å². The predicted octanol–water partition coefficient (Wildman–Crippen LogP) is 1.33. The van der Waals surface area contributed by atoms with Crippen LogP contribution in [0.15, 0.2) is 0 Å². The second kappa shape index (κ2) is 5.36. The third-order valence-corrected chi connectivity index (χ3v) is 4.03. The van der Waals surface area contributed by atoms with Crippen LogP contribution in [0.1, 0.15) is 33.1 Å². The van der Waals surface area contributed by atoms with Gasteiger partial charge in [0.1, 0.15) is 6.61 Å². The fourth-order valence-corrected chi connectivity index (χ4v) is 3.21. The number of hydrogen-bond donors (Lipinski definition) is 1. The Kier molecular flexibility index (Phi) is 4.05. The van der Waals surface area contributed by atoms with Crippen molar-refractivity contribution in [1.82, 2.24) is 0 Å². The Morgan fingerprint density at radius 2 is 2.00 bits per heavy atom. The first-order valence-corrected chi connectivity index (χ1v) is 6.63. The van der Waals surface area contributed by atoms with Gasteiger partial charge in [0.25, 0.3) is 0 Å². The summed E-state index contributed by atoms with van der Waals surface area (Å²) in [6.07, 6.45) is 3.62. The Bertz CT molecular complexity index is 278. The molecule has 0 amide bonds. The van der Waals surface area contributed by atoms with Crippen molar-refractivity contribution in [2.75, 3.05) is 13.2 Å². The van der Waals surface area contributed by atoms with Crippen LogP contribution >= 0.6 is 0 Å². The summed E-state index contributed by atoms with van der Waals surface area (Å²) in [7, 11) is 0. The summed E-state index contributed by atoms with van der Waals surface area (Å²) in [6.45, 7) is 4.75. The number of ether oxygens (including phenoxy) is 2. The van der Waals surface area contributed by atoms with Gasteiger partial charge in [-0.1, -0.05) is 0 Å². The number of carbonyl (C=O) groups is 1. The molecule has 98 valence electrons. The topological polar surface area (TPSA) is 61.5 Å². The van der Waals surface area contributed by atoms with Crippen LogP contribution in [0.3, 0.4) is 0 Å². The molecule has 4 unspecified atom stereocenters. The smallest absolute Gasteiger partial charge is 0.310 e. The zero-order valence-corrected chi connectivity index (χ0v) is 10.7. The molecule has 2 saturated carbocycles. The van der Waals surface area contributed by atoms with E-state index < -0.39 is 0 Å². The minimum absolute atomic E-state index is 0.0206. The molecule has 4 atom stereocenters. The number of fused-ring (bicyclic) bond motifs is 2. The number of hydrogen-bond acceptors (Lipinski definition) is 4. The molecule has 2 N–H and O–H groups in total. The molecule has 0 spiro atoms. The van der Waals surface area contributed by atoms with Gasteiger partial charge in [0.2, 0.25) is 0 Å². The molecule has 0 aromatic rings. The van der Waals surface area contributed by atoms with E-state index in [9.17, 15) is 4.79 Å². The van der Waals surface area contributed by atoms with Gasteiger partial charge in [0.15, 0.2) is 0 Å². The third-order valence-electron chi connectivity index (χ3n) is 4.03. The summed E-state index contributed by atoms with van der Waals surface area (Å²) in [5.41, 5.74) is 6.09. The lowest BCUT2D eigenvalue weighted by Gasteiger charge is -2.26. The van der Waals surface area contributed by atoms with Gasteiger partial charge in [-0.3, -0.25) is 4.79 Å². The lowest BCUT2D eigenvalue weighted by atomic mass is 9.85. The van der Waals surface area contributed by atoms with E-state index in [1.807, 2.05) is 13.8 Å². The highest BCUT2D eigenvalue weighted by Crippen LogP contribution is 2.47. The zero-order valence-electron chi connectivity index (χ0n) is 10.7. The zero-order chi connectivity index (χ0) is 12.4. The first-order chi connectivity index (χ1) is 8.09.